The molecule has 0 bridgehead atoms. The molecule has 1 aliphatic rings. The van der Waals surface area contributed by atoms with Gasteiger partial charge in [-0.2, -0.15) is 0 Å². The third-order valence-electron chi connectivity index (χ3n) is 5.18. The fraction of sp³-hybridized carbons (Fsp3) is 0.0370. The molecule has 1 fully saturated rings. The number of carbonyl (C=O) groups is 1. The number of nitrogens with one attached hydrogen (secondary N) is 1. The number of amidine groups is 1. The Bertz CT molecular complexity index is 1390. The van der Waals surface area contributed by atoms with Gasteiger partial charge in [0.2, 0.25) is 0 Å². The number of thioether (sulfide) groups is 1. The summed E-state index contributed by atoms with van der Waals surface area (Å²) in [5.74, 6) is 0.594. The van der Waals surface area contributed by atoms with Crippen LogP contribution in [0.15, 0.2) is 101 Å². The molecule has 0 spiro atoms. The highest BCUT2D eigenvalue weighted by Crippen LogP contribution is 2.31. The second-order valence-corrected chi connectivity index (χ2v) is 8.87. The minimum atomic E-state index is -0.179. The molecule has 1 aliphatic heterocycles. The Morgan fingerprint density at radius 1 is 0.909 bits per heavy atom. The first kappa shape index (κ1) is 21.3. The van der Waals surface area contributed by atoms with Crippen LogP contribution in [-0.4, -0.2) is 11.1 Å². The van der Waals surface area contributed by atoms with Crippen LogP contribution in [0.4, 0.5) is 5.69 Å². The number of fused-ring (bicyclic) bond motifs is 1. The summed E-state index contributed by atoms with van der Waals surface area (Å²) in [6.07, 6.45) is 1.84. The summed E-state index contributed by atoms with van der Waals surface area (Å²) in [5.41, 5.74) is 2.67. The van der Waals surface area contributed by atoms with E-state index in [1.165, 1.54) is 22.5 Å². The molecule has 4 nitrogen and oxygen atoms in total. The molecule has 5 rings (SSSR count). The summed E-state index contributed by atoms with van der Waals surface area (Å²) in [6, 6.07) is 29.5. The first-order valence-electron chi connectivity index (χ1n) is 10.4. The average molecular weight is 471 g/mol. The van der Waals surface area contributed by atoms with Crippen molar-refractivity contribution in [3.63, 3.8) is 0 Å². The zero-order chi connectivity index (χ0) is 22.6. The molecular formula is C27H19ClN2O2S. The van der Waals surface area contributed by atoms with Crippen molar-refractivity contribution in [1.29, 1.82) is 0 Å². The third-order valence-corrected chi connectivity index (χ3v) is 6.41. The van der Waals surface area contributed by atoms with E-state index in [0.29, 0.717) is 27.4 Å². The predicted molar refractivity (Wildman–Crippen MR) is 137 cm³/mol. The van der Waals surface area contributed by atoms with Gasteiger partial charge >= 0.3 is 0 Å². The number of halogens is 1. The minimum Gasteiger partial charge on any atom is -0.489 e. The molecule has 4 aromatic carbocycles. The van der Waals surface area contributed by atoms with Crippen LogP contribution in [0, 0.1) is 0 Å². The van der Waals surface area contributed by atoms with Gasteiger partial charge in [-0.15, -0.1) is 0 Å². The maximum atomic E-state index is 12.4. The highest BCUT2D eigenvalue weighted by molar-refractivity contribution is 8.18. The van der Waals surface area contributed by atoms with Gasteiger partial charge in [0.05, 0.1) is 15.6 Å². The van der Waals surface area contributed by atoms with Crippen molar-refractivity contribution in [2.75, 3.05) is 0 Å². The largest absolute Gasteiger partial charge is 0.489 e. The number of nitrogens with zero attached hydrogens (tertiary/aromatic N) is 1. The van der Waals surface area contributed by atoms with Gasteiger partial charge < -0.3 is 10.1 Å². The molecule has 0 saturated carbocycles. The number of ether oxygens (including phenoxy) is 1. The third kappa shape index (κ3) is 4.95. The summed E-state index contributed by atoms with van der Waals surface area (Å²) in [7, 11) is 0. The number of hydrogen-bond acceptors (Lipinski definition) is 4. The molecule has 6 heteroatoms. The summed E-state index contributed by atoms with van der Waals surface area (Å²) in [4.78, 5) is 17.4. The Morgan fingerprint density at radius 3 is 2.52 bits per heavy atom. The molecular weight excluding hydrogens is 452 g/mol. The lowest BCUT2D eigenvalue weighted by Crippen LogP contribution is -2.19. The summed E-state index contributed by atoms with van der Waals surface area (Å²) in [5, 5.41) is 6.23. The SMILES string of the molecule is O=C1NC(=Nc2ccccc2Cl)S/C1=C/c1ccc(OCc2cccc3ccccc23)cc1. The van der Waals surface area contributed by atoms with Gasteiger partial charge in [0.25, 0.3) is 5.91 Å². The Morgan fingerprint density at radius 2 is 1.67 bits per heavy atom. The molecule has 0 aliphatic carbocycles. The second-order valence-electron chi connectivity index (χ2n) is 7.43. The first-order chi connectivity index (χ1) is 16.2. The van der Waals surface area contributed by atoms with Crippen molar-refractivity contribution < 1.29 is 9.53 Å². The number of hydrogen-bond donors (Lipinski definition) is 1. The van der Waals surface area contributed by atoms with Crippen LogP contribution in [0.1, 0.15) is 11.1 Å². The summed E-state index contributed by atoms with van der Waals surface area (Å²) in [6.45, 7) is 0.488. The number of amides is 1. The van der Waals surface area contributed by atoms with E-state index in [9.17, 15) is 4.79 Å². The Labute approximate surface area is 201 Å². The molecule has 1 heterocycles. The molecule has 0 unspecified atom stereocenters. The van der Waals surface area contributed by atoms with E-state index in [2.05, 4.69) is 34.6 Å². The first-order valence-corrected chi connectivity index (χ1v) is 11.6. The maximum Gasteiger partial charge on any atom is 0.264 e. The number of carbonyl (C=O) groups excluding carboxylic acids is 1. The van der Waals surface area contributed by atoms with Crippen LogP contribution in [-0.2, 0) is 11.4 Å². The quantitative estimate of drug-likeness (QED) is 0.320. The minimum absolute atomic E-state index is 0.179. The zero-order valence-corrected chi connectivity index (χ0v) is 19.1. The normalized spacial score (nSPS) is 15.8. The highest BCUT2D eigenvalue weighted by atomic mass is 35.5. The zero-order valence-electron chi connectivity index (χ0n) is 17.5. The number of para-hydroxylation sites is 1. The lowest BCUT2D eigenvalue weighted by molar-refractivity contribution is -0.115. The van der Waals surface area contributed by atoms with Crippen LogP contribution in [0.5, 0.6) is 5.75 Å². The van der Waals surface area contributed by atoms with Crippen LogP contribution >= 0.6 is 23.4 Å². The molecule has 162 valence electrons. The van der Waals surface area contributed by atoms with Crippen LogP contribution in [0.2, 0.25) is 5.02 Å². The average Bonchev–Trinajstić information content (AvgIpc) is 3.18. The lowest BCUT2D eigenvalue weighted by Gasteiger charge is -2.09. The van der Waals surface area contributed by atoms with E-state index in [4.69, 9.17) is 16.3 Å². The van der Waals surface area contributed by atoms with Crippen molar-refractivity contribution in [3.05, 3.63) is 112 Å². The van der Waals surface area contributed by atoms with E-state index in [-0.39, 0.29) is 5.91 Å². The van der Waals surface area contributed by atoms with Gasteiger partial charge in [-0.3, -0.25) is 4.79 Å². The molecule has 1 saturated heterocycles. The predicted octanol–water partition coefficient (Wildman–Crippen LogP) is 6.96. The number of aliphatic imine (C=N–C) groups is 1. The van der Waals surface area contributed by atoms with E-state index in [0.717, 1.165) is 16.9 Å². The topological polar surface area (TPSA) is 50.7 Å². The standard InChI is InChI=1S/C27H19ClN2O2S/c28-23-10-3-4-11-24(23)29-27-30-26(31)25(33-27)16-18-12-14-21(15-13-18)32-17-20-8-5-7-19-6-1-2-9-22(19)20/h1-16H,17H2,(H,29,30,31)/b25-16+. The Balaban J connectivity index is 1.27. The lowest BCUT2D eigenvalue weighted by atomic mass is 10.1. The van der Waals surface area contributed by atoms with Crippen molar-refractivity contribution >= 4 is 57.0 Å². The fourth-order valence-electron chi connectivity index (χ4n) is 3.52. The van der Waals surface area contributed by atoms with Crippen molar-refractivity contribution in [1.82, 2.24) is 5.32 Å². The van der Waals surface area contributed by atoms with E-state index in [1.807, 2.05) is 60.7 Å². The molecule has 0 radical (unpaired) electrons. The van der Waals surface area contributed by atoms with Crippen molar-refractivity contribution in [3.8, 4) is 5.75 Å². The van der Waals surface area contributed by atoms with E-state index in [1.54, 1.807) is 12.1 Å². The van der Waals surface area contributed by atoms with Crippen LogP contribution in [0.3, 0.4) is 0 Å². The number of benzene rings is 4. The van der Waals surface area contributed by atoms with Crippen molar-refractivity contribution in [2.45, 2.75) is 6.61 Å². The van der Waals surface area contributed by atoms with Gasteiger partial charge in [0.15, 0.2) is 5.17 Å². The molecule has 1 N–H and O–H groups in total. The number of rotatable bonds is 5. The monoisotopic (exact) mass is 470 g/mol. The van der Waals surface area contributed by atoms with Crippen LogP contribution in [0.25, 0.3) is 16.8 Å². The highest BCUT2D eigenvalue weighted by Gasteiger charge is 2.24. The summed E-state index contributed by atoms with van der Waals surface area (Å²) < 4.78 is 6.00. The van der Waals surface area contributed by atoms with Crippen LogP contribution < -0.4 is 10.1 Å². The van der Waals surface area contributed by atoms with E-state index >= 15 is 0 Å². The molecule has 4 aromatic rings. The molecule has 0 atom stereocenters. The molecule has 1 amide bonds. The Kier molecular flexibility index (Phi) is 6.15. The van der Waals surface area contributed by atoms with Gasteiger partial charge in [-0.1, -0.05) is 78.3 Å². The van der Waals surface area contributed by atoms with Gasteiger partial charge in [-0.25, -0.2) is 4.99 Å². The Hall–Kier alpha value is -3.54. The molecule has 0 aromatic heterocycles. The smallest absolute Gasteiger partial charge is 0.264 e. The van der Waals surface area contributed by atoms with Gasteiger partial charge in [0, 0.05) is 0 Å². The molecule has 33 heavy (non-hydrogen) atoms. The summed E-state index contributed by atoms with van der Waals surface area (Å²) >= 11 is 7.45. The fourth-order valence-corrected chi connectivity index (χ4v) is 4.54. The maximum absolute atomic E-state index is 12.4. The second kappa shape index (κ2) is 9.53. The van der Waals surface area contributed by atoms with E-state index < -0.39 is 0 Å². The van der Waals surface area contributed by atoms with Gasteiger partial charge in [-0.05, 0) is 64.0 Å². The van der Waals surface area contributed by atoms with Gasteiger partial charge in [0.1, 0.15) is 12.4 Å². The van der Waals surface area contributed by atoms with Crippen molar-refractivity contribution in [2.24, 2.45) is 4.99 Å².